The molecule has 2 heterocycles. The van der Waals surface area contributed by atoms with Crippen LogP contribution in [0.4, 0.5) is 0 Å². The summed E-state index contributed by atoms with van der Waals surface area (Å²) in [6, 6.07) is 8.00. The molecule has 1 aromatic carbocycles. The first-order chi connectivity index (χ1) is 10.8. The van der Waals surface area contributed by atoms with Crippen molar-refractivity contribution in [1.82, 2.24) is 0 Å². The third-order valence-electron chi connectivity index (χ3n) is 4.50. The molecular weight excluding hydrogens is 300 g/mol. The first-order valence-corrected chi connectivity index (χ1v) is 7.52. The number of rotatable bonds is 2. The minimum absolute atomic E-state index is 0.244. The summed E-state index contributed by atoms with van der Waals surface area (Å²) in [5.74, 6) is 0.139. The van der Waals surface area contributed by atoms with Gasteiger partial charge in [-0.15, -0.1) is 0 Å². The van der Waals surface area contributed by atoms with Crippen molar-refractivity contribution in [2.24, 2.45) is 5.92 Å². The van der Waals surface area contributed by atoms with Crippen LogP contribution in [-0.2, 0) is 4.74 Å². The Morgan fingerprint density at radius 2 is 1.83 bits per heavy atom. The van der Waals surface area contributed by atoms with Gasteiger partial charge in [0.05, 0.1) is 11.7 Å². The second-order valence-electron chi connectivity index (χ2n) is 6.43. The fraction of sp³-hybridized carbons (Fsp3) is 0.471. The fourth-order valence-electron chi connectivity index (χ4n) is 2.69. The third kappa shape index (κ3) is 2.97. The van der Waals surface area contributed by atoms with E-state index >= 15 is 0 Å². The van der Waals surface area contributed by atoms with Crippen LogP contribution in [0.1, 0.15) is 20.8 Å². The van der Waals surface area contributed by atoms with E-state index in [1.165, 1.54) is 6.07 Å². The second kappa shape index (κ2) is 5.63. The maximum absolute atomic E-state index is 11.3. The summed E-state index contributed by atoms with van der Waals surface area (Å²) in [4.78, 5) is 11.3. The van der Waals surface area contributed by atoms with Crippen LogP contribution in [0.25, 0.3) is 11.0 Å². The van der Waals surface area contributed by atoms with Crippen LogP contribution in [0.15, 0.2) is 39.5 Å². The van der Waals surface area contributed by atoms with Gasteiger partial charge in [-0.05, 0) is 32.0 Å². The Morgan fingerprint density at radius 3 is 2.57 bits per heavy atom. The highest BCUT2D eigenvalue weighted by molar-refractivity contribution is 5.77. The Labute approximate surface area is 133 Å². The molecule has 2 aromatic rings. The van der Waals surface area contributed by atoms with Gasteiger partial charge in [0.1, 0.15) is 17.4 Å². The zero-order valence-electron chi connectivity index (χ0n) is 13.2. The van der Waals surface area contributed by atoms with Crippen molar-refractivity contribution >= 4 is 11.0 Å². The lowest BCUT2D eigenvalue weighted by molar-refractivity contribution is -0.284. The summed E-state index contributed by atoms with van der Waals surface area (Å²) in [5, 5.41) is 21.1. The number of ether oxygens (including phenoxy) is 2. The van der Waals surface area contributed by atoms with Crippen molar-refractivity contribution in [3.63, 3.8) is 0 Å². The van der Waals surface area contributed by atoms with Crippen LogP contribution in [-0.4, -0.2) is 34.3 Å². The average Bonchev–Trinajstić information content (AvgIpc) is 2.50. The Bertz CT molecular complexity index is 765. The van der Waals surface area contributed by atoms with Crippen molar-refractivity contribution < 1.29 is 24.1 Å². The van der Waals surface area contributed by atoms with Crippen LogP contribution in [0.3, 0.4) is 0 Å². The smallest absolute Gasteiger partial charge is 0.336 e. The molecule has 1 aromatic heterocycles. The van der Waals surface area contributed by atoms with Crippen LogP contribution in [0, 0.1) is 5.92 Å². The first-order valence-electron chi connectivity index (χ1n) is 7.52. The standard InChI is InChI=1S/C17H20O6/c1-9-14(19)15(20)16(23-17(9,2)3)21-11-6-4-10-5-7-13(18)22-12(10)8-11/h4-9,14-16,19-20H,1-3H3/t9-,14+,15+,16?/m1/s1. The third-order valence-corrected chi connectivity index (χ3v) is 4.50. The molecular formula is C17H20O6. The highest BCUT2D eigenvalue weighted by Crippen LogP contribution is 2.35. The molecule has 1 unspecified atom stereocenters. The fourth-order valence-corrected chi connectivity index (χ4v) is 2.69. The SMILES string of the molecule is C[C@@H]1[C@H](O)[C@H](O)C(Oc2ccc3ccc(=O)oc3c2)OC1(C)C. The maximum Gasteiger partial charge on any atom is 0.336 e. The van der Waals surface area contributed by atoms with Crippen LogP contribution >= 0.6 is 0 Å². The number of hydrogen-bond acceptors (Lipinski definition) is 6. The normalized spacial score (nSPS) is 30.3. The predicted octanol–water partition coefficient (Wildman–Crippen LogP) is 1.66. The van der Waals surface area contributed by atoms with Gasteiger partial charge in [0, 0.05) is 23.4 Å². The molecule has 1 saturated heterocycles. The molecule has 1 aliphatic rings. The summed E-state index contributed by atoms with van der Waals surface area (Å²) in [6.45, 7) is 5.49. The zero-order valence-corrected chi connectivity index (χ0v) is 13.2. The molecule has 6 nitrogen and oxygen atoms in total. The highest BCUT2D eigenvalue weighted by atomic mass is 16.7. The topological polar surface area (TPSA) is 89.1 Å². The zero-order chi connectivity index (χ0) is 16.8. The molecule has 0 saturated carbocycles. The lowest BCUT2D eigenvalue weighted by Crippen LogP contribution is -2.59. The Morgan fingerprint density at radius 1 is 1.13 bits per heavy atom. The molecule has 1 fully saturated rings. The van der Waals surface area contributed by atoms with E-state index in [9.17, 15) is 15.0 Å². The van der Waals surface area contributed by atoms with E-state index in [0.717, 1.165) is 5.39 Å². The summed E-state index contributed by atoms with van der Waals surface area (Å²) in [5.41, 5.74) is -0.713. The molecule has 6 heteroatoms. The lowest BCUT2D eigenvalue weighted by Gasteiger charge is -2.46. The summed E-state index contributed by atoms with van der Waals surface area (Å²) in [6.07, 6.45) is -3.14. The maximum atomic E-state index is 11.3. The van der Waals surface area contributed by atoms with Crippen molar-refractivity contribution in [3.05, 3.63) is 40.8 Å². The van der Waals surface area contributed by atoms with Crippen molar-refractivity contribution in [3.8, 4) is 5.75 Å². The summed E-state index contributed by atoms with van der Waals surface area (Å²) < 4.78 is 16.6. The van der Waals surface area contributed by atoms with Gasteiger partial charge in [-0.3, -0.25) is 0 Å². The monoisotopic (exact) mass is 320 g/mol. The highest BCUT2D eigenvalue weighted by Gasteiger charge is 2.47. The number of hydrogen-bond donors (Lipinski definition) is 2. The van der Waals surface area contributed by atoms with Gasteiger partial charge in [0.2, 0.25) is 6.29 Å². The number of aliphatic hydroxyl groups excluding tert-OH is 2. The Hall–Kier alpha value is -1.89. The lowest BCUT2D eigenvalue weighted by atomic mass is 9.82. The molecule has 23 heavy (non-hydrogen) atoms. The second-order valence-corrected chi connectivity index (χ2v) is 6.43. The van der Waals surface area contributed by atoms with Gasteiger partial charge in [-0.25, -0.2) is 4.79 Å². The van der Waals surface area contributed by atoms with Gasteiger partial charge in [0.15, 0.2) is 0 Å². The largest absolute Gasteiger partial charge is 0.462 e. The van der Waals surface area contributed by atoms with Crippen LogP contribution in [0.5, 0.6) is 5.75 Å². The number of fused-ring (bicyclic) bond motifs is 1. The van der Waals surface area contributed by atoms with E-state index in [1.54, 1.807) is 24.3 Å². The van der Waals surface area contributed by atoms with Crippen LogP contribution < -0.4 is 10.4 Å². The average molecular weight is 320 g/mol. The predicted molar refractivity (Wildman–Crippen MR) is 83.2 cm³/mol. The molecule has 0 aliphatic carbocycles. The molecule has 3 rings (SSSR count). The summed E-state index contributed by atoms with van der Waals surface area (Å²) >= 11 is 0. The quantitative estimate of drug-likeness (QED) is 0.818. The van der Waals surface area contributed by atoms with E-state index in [-0.39, 0.29) is 5.92 Å². The van der Waals surface area contributed by atoms with E-state index in [1.807, 2.05) is 20.8 Å². The molecule has 0 spiro atoms. The number of aliphatic hydroxyl groups is 2. The van der Waals surface area contributed by atoms with E-state index in [4.69, 9.17) is 13.9 Å². The molecule has 2 N–H and O–H groups in total. The van der Waals surface area contributed by atoms with Gasteiger partial charge in [-0.1, -0.05) is 6.92 Å². The van der Waals surface area contributed by atoms with Crippen molar-refractivity contribution in [1.29, 1.82) is 0 Å². The molecule has 0 amide bonds. The first kappa shape index (κ1) is 16.0. The molecule has 4 atom stereocenters. The van der Waals surface area contributed by atoms with Gasteiger partial charge < -0.3 is 24.1 Å². The Kier molecular flexibility index (Phi) is 3.91. The summed E-state index contributed by atoms with van der Waals surface area (Å²) in [7, 11) is 0. The van der Waals surface area contributed by atoms with Gasteiger partial charge >= 0.3 is 5.63 Å². The van der Waals surface area contributed by atoms with Crippen LogP contribution in [0.2, 0.25) is 0 Å². The molecule has 1 aliphatic heterocycles. The number of benzene rings is 1. The molecule has 0 bridgehead atoms. The Balaban J connectivity index is 1.87. The van der Waals surface area contributed by atoms with Gasteiger partial charge in [-0.2, -0.15) is 0 Å². The van der Waals surface area contributed by atoms with Crippen molar-refractivity contribution in [2.75, 3.05) is 0 Å². The molecule has 0 radical (unpaired) electrons. The van der Waals surface area contributed by atoms with E-state index < -0.39 is 29.7 Å². The minimum Gasteiger partial charge on any atom is -0.462 e. The minimum atomic E-state index is -1.17. The molecule has 124 valence electrons. The van der Waals surface area contributed by atoms with E-state index in [0.29, 0.717) is 11.3 Å². The van der Waals surface area contributed by atoms with E-state index in [2.05, 4.69) is 0 Å². The van der Waals surface area contributed by atoms with Gasteiger partial charge in [0.25, 0.3) is 0 Å². The van der Waals surface area contributed by atoms with Crippen molar-refractivity contribution in [2.45, 2.75) is 44.9 Å².